The van der Waals surface area contributed by atoms with Crippen LogP contribution in [0.25, 0.3) is 0 Å². The van der Waals surface area contributed by atoms with E-state index in [2.05, 4.69) is 10.2 Å². The fourth-order valence-corrected chi connectivity index (χ4v) is 3.29. The fourth-order valence-electron chi connectivity index (χ4n) is 3.29. The molecule has 0 saturated carbocycles. The number of carbonyl (C=O) groups excluding carboxylic acids is 1. The highest BCUT2D eigenvalue weighted by atomic mass is 16.5. The van der Waals surface area contributed by atoms with Crippen LogP contribution in [0.4, 0.5) is 0 Å². The van der Waals surface area contributed by atoms with E-state index in [4.69, 9.17) is 13.9 Å². The van der Waals surface area contributed by atoms with Gasteiger partial charge in [0.2, 0.25) is 5.91 Å². The maximum Gasteiger partial charge on any atom is 0.234 e. The Morgan fingerprint density at radius 1 is 1.28 bits per heavy atom. The Kier molecular flexibility index (Phi) is 5.60. The van der Waals surface area contributed by atoms with Gasteiger partial charge in [-0.05, 0) is 49.2 Å². The molecule has 1 amide bonds. The van der Waals surface area contributed by atoms with Crippen molar-refractivity contribution in [3.05, 3.63) is 47.9 Å². The topological polar surface area (TPSA) is 63.9 Å². The van der Waals surface area contributed by atoms with Crippen molar-refractivity contribution in [2.24, 2.45) is 0 Å². The van der Waals surface area contributed by atoms with Gasteiger partial charge in [-0.15, -0.1) is 0 Å². The average molecular weight is 344 g/mol. The average Bonchev–Trinajstić information content (AvgIpc) is 3.31. The number of ether oxygens (including phenoxy) is 2. The lowest BCUT2D eigenvalue weighted by Crippen LogP contribution is -2.36. The summed E-state index contributed by atoms with van der Waals surface area (Å²) in [5, 5.41) is 2.91. The zero-order chi connectivity index (χ0) is 17.6. The molecule has 1 unspecified atom stereocenters. The Labute approximate surface area is 147 Å². The summed E-state index contributed by atoms with van der Waals surface area (Å²) in [4.78, 5) is 14.5. The zero-order valence-electron chi connectivity index (χ0n) is 14.7. The van der Waals surface area contributed by atoms with E-state index in [0.717, 1.165) is 30.7 Å². The van der Waals surface area contributed by atoms with E-state index in [9.17, 15) is 4.79 Å². The van der Waals surface area contributed by atoms with Crippen LogP contribution in [-0.4, -0.2) is 38.1 Å². The number of hydrogen-bond donors (Lipinski definition) is 1. The van der Waals surface area contributed by atoms with Gasteiger partial charge in [0.15, 0.2) is 11.5 Å². The minimum atomic E-state index is 0.00350. The second kappa shape index (κ2) is 8.07. The molecule has 0 bridgehead atoms. The number of rotatable bonds is 7. The minimum Gasteiger partial charge on any atom is -0.493 e. The van der Waals surface area contributed by atoms with Crippen molar-refractivity contribution >= 4 is 5.91 Å². The van der Waals surface area contributed by atoms with E-state index in [1.807, 2.05) is 30.3 Å². The van der Waals surface area contributed by atoms with Crippen molar-refractivity contribution in [2.75, 3.05) is 27.3 Å². The number of likely N-dealkylation sites (tertiary alicyclic amines) is 1. The molecule has 2 aromatic rings. The highest BCUT2D eigenvalue weighted by Gasteiger charge is 2.28. The summed E-state index contributed by atoms with van der Waals surface area (Å²) in [7, 11) is 3.26. The van der Waals surface area contributed by atoms with Crippen molar-refractivity contribution in [1.29, 1.82) is 0 Å². The monoisotopic (exact) mass is 344 g/mol. The lowest BCUT2D eigenvalue weighted by Gasteiger charge is -2.24. The fraction of sp³-hybridized carbons (Fsp3) is 0.421. The summed E-state index contributed by atoms with van der Waals surface area (Å²) in [5.74, 6) is 2.19. The number of carbonyl (C=O) groups is 1. The van der Waals surface area contributed by atoms with Crippen LogP contribution in [-0.2, 0) is 11.3 Å². The van der Waals surface area contributed by atoms with Crippen molar-refractivity contribution < 1.29 is 18.7 Å². The second-order valence-electron chi connectivity index (χ2n) is 6.10. The van der Waals surface area contributed by atoms with Crippen molar-refractivity contribution in [3.63, 3.8) is 0 Å². The van der Waals surface area contributed by atoms with E-state index in [0.29, 0.717) is 24.6 Å². The SMILES string of the molecule is COc1ccc(C2CCCN2CC(=O)NCc2ccco2)cc1OC. The third-order valence-corrected chi connectivity index (χ3v) is 4.54. The lowest BCUT2D eigenvalue weighted by atomic mass is 10.0. The van der Waals surface area contributed by atoms with E-state index in [1.165, 1.54) is 0 Å². The zero-order valence-corrected chi connectivity index (χ0v) is 14.7. The molecular weight excluding hydrogens is 320 g/mol. The molecule has 6 nitrogen and oxygen atoms in total. The molecule has 1 aromatic carbocycles. The molecule has 0 radical (unpaired) electrons. The first-order valence-corrected chi connectivity index (χ1v) is 8.46. The van der Waals surface area contributed by atoms with Crippen LogP contribution in [0.1, 0.15) is 30.2 Å². The molecule has 2 heterocycles. The second-order valence-corrected chi connectivity index (χ2v) is 6.10. The molecule has 1 fully saturated rings. The third kappa shape index (κ3) is 4.14. The first-order chi connectivity index (χ1) is 12.2. The molecular formula is C19H24N2O4. The van der Waals surface area contributed by atoms with Crippen LogP contribution in [0.5, 0.6) is 11.5 Å². The maximum absolute atomic E-state index is 12.3. The Balaban J connectivity index is 1.63. The van der Waals surface area contributed by atoms with Crippen molar-refractivity contribution in [2.45, 2.75) is 25.4 Å². The van der Waals surface area contributed by atoms with E-state index >= 15 is 0 Å². The first-order valence-electron chi connectivity index (χ1n) is 8.46. The molecule has 25 heavy (non-hydrogen) atoms. The number of furan rings is 1. The van der Waals surface area contributed by atoms with Crippen LogP contribution >= 0.6 is 0 Å². The summed E-state index contributed by atoms with van der Waals surface area (Å²) in [5.41, 5.74) is 1.15. The molecule has 3 rings (SSSR count). The molecule has 0 spiro atoms. The van der Waals surface area contributed by atoms with E-state index < -0.39 is 0 Å². The Bertz CT molecular complexity index is 699. The summed E-state index contributed by atoms with van der Waals surface area (Å²) < 4.78 is 15.9. The molecule has 0 aliphatic carbocycles. The van der Waals surface area contributed by atoms with Crippen molar-refractivity contribution in [3.8, 4) is 11.5 Å². The number of amides is 1. The summed E-state index contributed by atoms with van der Waals surface area (Å²) >= 11 is 0. The van der Waals surface area contributed by atoms with Gasteiger partial charge in [0.1, 0.15) is 5.76 Å². The minimum absolute atomic E-state index is 0.00350. The molecule has 1 N–H and O–H groups in total. The van der Waals surface area contributed by atoms with Gasteiger partial charge >= 0.3 is 0 Å². The van der Waals surface area contributed by atoms with Gasteiger partial charge in [0, 0.05) is 6.04 Å². The molecule has 1 atom stereocenters. The van der Waals surface area contributed by atoms with Crippen LogP contribution in [0, 0.1) is 0 Å². The Hall–Kier alpha value is -2.47. The summed E-state index contributed by atoms with van der Waals surface area (Å²) in [6.07, 6.45) is 3.71. The molecule has 1 aromatic heterocycles. The highest BCUT2D eigenvalue weighted by Crippen LogP contribution is 2.36. The summed E-state index contributed by atoms with van der Waals surface area (Å²) in [6, 6.07) is 9.85. The van der Waals surface area contributed by atoms with Gasteiger partial charge in [0.05, 0.1) is 33.6 Å². The predicted octanol–water partition coefficient (Wildman–Crippen LogP) is 2.75. The number of nitrogens with one attached hydrogen (secondary N) is 1. The number of benzene rings is 1. The van der Waals surface area contributed by atoms with E-state index in [-0.39, 0.29) is 11.9 Å². The van der Waals surface area contributed by atoms with Gasteiger partial charge in [-0.25, -0.2) is 0 Å². The Morgan fingerprint density at radius 3 is 2.84 bits per heavy atom. The third-order valence-electron chi connectivity index (χ3n) is 4.54. The number of hydrogen-bond acceptors (Lipinski definition) is 5. The quantitative estimate of drug-likeness (QED) is 0.837. The molecule has 1 aliphatic rings. The summed E-state index contributed by atoms with van der Waals surface area (Å²) in [6.45, 7) is 1.70. The van der Waals surface area contributed by atoms with Gasteiger partial charge in [-0.2, -0.15) is 0 Å². The lowest BCUT2D eigenvalue weighted by molar-refractivity contribution is -0.122. The smallest absolute Gasteiger partial charge is 0.234 e. The maximum atomic E-state index is 12.3. The van der Waals surface area contributed by atoms with Gasteiger partial charge < -0.3 is 19.2 Å². The molecule has 1 aliphatic heterocycles. The number of nitrogens with zero attached hydrogens (tertiary/aromatic N) is 1. The highest BCUT2D eigenvalue weighted by molar-refractivity contribution is 5.78. The van der Waals surface area contributed by atoms with Crippen LogP contribution in [0.2, 0.25) is 0 Å². The molecule has 6 heteroatoms. The molecule has 134 valence electrons. The molecule has 1 saturated heterocycles. The van der Waals surface area contributed by atoms with E-state index in [1.54, 1.807) is 20.5 Å². The van der Waals surface area contributed by atoms with Crippen LogP contribution in [0.3, 0.4) is 0 Å². The van der Waals surface area contributed by atoms with Gasteiger partial charge in [-0.1, -0.05) is 6.07 Å². The normalized spacial score (nSPS) is 17.4. The van der Waals surface area contributed by atoms with Crippen LogP contribution < -0.4 is 14.8 Å². The van der Waals surface area contributed by atoms with Crippen molar-refractivity contribution in [1.82, 2.24) is 10.2 Å². The van der Waals surface area contributed by atoms with Gasteiger partial charge in [-0.3, -0.25) is 9.69 Å². The standard InChI is InChI=1S/C19H24N2O4/c1-23-17-8-7-14(11-18(17)24-2)16-6-3-9-21(16)13-19(22)20-12-15-5-4-10-25-15/h4-5,7-8,10-11,16H,3,6,9,12-13H2,1-2H3,(H,20,22). The largest absolute Gasteiger partial charge is 0.493 e. The van der Waals surface area contributed by atoms with Crippen LogP contribution in [0.15, 0.2) is 41.0 Å². The first kappa shape index (κ1) is 17.4. The van der Waals surface area contributed by atoms with Gasteiger partial charge in [0.25, 0.3) is 0 Å². The predicted molar refractivity (Wildman–Crippen MR) is 93.6 cm³/mol. The Morgan fingerprint density at radius 2 is 2.12 bits per heavy atom. The number of methoxy groups -OCH3 is 2.